The predicted molar refractivity (Wildman–Crippen MR) is 80.5 cm³/mol. The van der Waals surface area contributed by atoms with Gasteiger partial charge in [0.1, 0.15) is 11.6 Å². The van der Waals surface area contributed by atoms with Crippen LogP contribution in [0.3, 0.4) is 0 Å². The molecule has 0 aromatic heterocycles. The van der Waals surface area contributed by atoms with E-state index < -0.39 is 5.54 Å². The predicted octanol–water partition coefficient (Wildman–Crippen LogP) is 4.23. The molecular formula is C16H16BrF2N. The van der Waals surface area contributed by atoms with Gasteiger partial charge in [-0.05, 0) is 55.2 Å². The Labute approximate surface area is 125 Å². The van der Waals surface area contributed by atoms with Crippen molar-refractivity contribution < 1.29 is 8.78 Å². The summed E-state index contributed by atoms with van der Waals surface area (Å²) in [6.45, 7) is 1.85. The fourth-order valence-corrected chi connectivity index (χ4v) is 2.83. The second kappa shape index (κ2) is 6.02. The van der Waals surface area contributed by atoms with E-state index in [2.05, 4.69) is 15.9 Å². The van der Waals surface area contributed by atoms with Crippen molar-refractivity contribution in [2.75, 3.05) is 0 Å². The topological polar surface area (TPSA) is 26.0 Å². The molecule has 2 rings (SSSR count). The van der Waals surface area contributed by atoms with Gasteiger partial charge < -0.3 is 5.73 Å². The summed E-state index contributed by atoms with van der Waals surface area (Å²) in [5.41, 5.74) is 6.97. The van der Waals surface area contributed by atoms with Crippen LogP contribution in [0.25, 0.3) is 0 Å². The van der Waals surface area contributed by atoms with E-state index in [1.54, 1.807) is 18.2 Å². The van der Waals surface area contributed by atoms with Gasteiger partial charge in [0.05, 0.1) is 0 Å². The SMILES string of the molecule is CC(N)(Cc1cc(F)cc(Br)c1)Cc1ccccc1F. The zero-order valence-corrected chi connectivity index (χ0v) is 12.8. The molecule has 0 spiro atoms. The third kappa shape index (κ3) is 4.12. The Morgan fingerprint density at radius 3 is 2.45 bits per heavy atom. The van der Waals surface area contributed by atoms with E-state index in [0.717, 1.165) is 5.56 Å². The Kier molecular flexibility index (Phi) is 4.55. The molecular weight excluding hydrogens is 324 g/mol. The average Bonchev–Trinajstić information content (AvgIpc) is 2.29. The van der Waals surface area contributed by atoms with E-state index in [1.165, 1.54) is 18.2 Å². The highest BCUT2D eigenvalue weighted by Gasteiger charge is 2.21. The molecule has 1 nitrogen and oxygen atoms in total. The van der Waals surface area contributed by atoms with E-state index in [4.69, 9.17) is 5.73 Å². The van der Waals surface area contributed by atoms with Crippen LogP contribution in [0.2, 0.25) is 0 Å². The molecule has 0 aliphatic carbocycles. The van der Waals surface area contributed by atoms with Crippen molar-refractivity contribution in [1.82, 2.24) is 0 Å². The fourth-order valence-electron chi connectivity index (χ4n) is 2.32. The van der Waals surface area contributed by atoms with Crippen LogP contribution in [0.4, 0.5) is 8.78 Å². The minimum absolute atomic E-state index is 0.260. The summed E-state index contributed by atoms with van der Waals surface area (Å²) < 4.78 is 27.7. The van der Waals surface area contributed by atoms with Crippen molar-refractivity contribution >= 4 is 15.9 Å². The molecule has 0 radical (unpaired) electrons. The molecule has 0 aliphatic heterocycles. The summed E-state index contributed by atoms with van der Waals surface area (Å²) in [5, 5.41) is 0. The first kappa shape index (κ1) is 15.1. The van der Waals surface area contributed by atoms with Crippen molar-refractivity contribution in [1.29, 1.82) is 0 Å². The largest absolute Gasteiger partial charge is 0.325 e. The van der Waals surface area contributed by atoms with Crippen molar-refractivity contribution in [2.45, 2.75) is 25.3 Å². The minimum Gasteiger partial charge on any atom is -0.325 e. The van der Waals surface area contributed by atoms with Crippen molar-refractivity contribution in [3.05, 3.63) is 69.7 Å². The Morgan fingerprint density at radius 1 is 1.10 bits per heavy atom. The summed E-state index contributed by atoms with van der Waals surface area (Å²) >= 11 is 3.26. The van der Waals surface area contributed by atoms with Gasteiger partial charge in [0.25, 0.3) is 0 Å². The van der Waals surface area contributed by atoms with Crippen LogP contribution in [0.1, 0.15) is 18.1 Å². The Bertz CT molecular complexity index is 591. The van der Waals surface area contributed by atoms with Crippen molar-refractivity contribution in [3.63, 3.8) is 0 Å². The summed E-state index contributed by atoms with van der Waals surface area (Å²) in [4.78, 5) is 0. The molecule has 1 unspecified atom stereocenters. The van der Waals surface area contributed by atoms with Crippen LogP contribution in [-0.4, -0.2) is 5.54 Å². The molecule has 2 N–H and O–H groups in total. The lowest BCUT2D eigenvalue weighted by Gasteiger charge is -2.25. The van der Waals surface area contributed by atoms with Crippen molar-refractivity contribution in [2.24, 2.45) is 5.73 Å². The van der Waals surface area contributed by atoms with E-state index in [0.29, 0.717) is 22.9 Å². The van der Waals surface area contributed by atoms with Gasteiger partial charge >= 0.3 is 0 Å². The van der Waals surface area contributed by atoms with Gasteiger partial charge in [-0.1, -0.05) is 34.1 Å². The number of hydrogen-bond acceptors (Lipinski definition) is 1. The number of rotatable bonds is 4. The maximum absolute atomic E-state index is 13.7. The third-order valence-electron chi connectivity index (χ3n) is 3.08. The molecule has 0 fully saturated rings. The van der Waals surface area contributed by atoms with Crippen LogP contribution in [0.5, 0.6) is 0 Å². The maximum atomic E-state index is 13.7. The minimum atomic E-state index is -0.643. The second-order valence-corrected chi connectivity index (χ2v) is 6.29. The molecule has 4 heteroatoms. The summed E-state index contributed by atoms with van der Waals surface area (Å²) in [7, 11) is 0. The van der Waals surface area contributed by atoms with Gasteiger partial charge in [-0.15, -0.1) is 0 Å². The molecule has 1 atom stereocenters. The summed E-state index contributed by atoms with van der Waals surface area (Å²) in [6.07, 6.45) is 0.867. The lowest BCUT2D eigenvalue weighted by molar-refractivity contribution is 0.450. The fraction of sp³-hybridized carbons (Fsp3) is 0.250. The summed E-state index contributed by atoms with van der Waals surface area (Å²) in [5.74, 6) is -0.569. The first-order valence-electron chi connectivity index (χ1n) is 6.33. The van der Waals surface area contributed by atoms with E-state index >= 15 is 0 Å². The number of benzene rings is 2. The van der Waals surface area contributed by atoms with Crippen LogP contribution < -0.4 is 5.73 Å². The number of nitrogens with two attached hydrogens (primary N) is 1. The first-order chi connectivity index (χ1) is 9.35. The van der Waals surface area contributed by atoms with Crippen LogP contribution in [0, 0.1) is 11.6 Å². The zero-order valence-electron chi connectivity index (χ0n) is 11.2. The first-order valence-corrected chi connectivity index (χ1v) is 7.12. The molecule has 0 heterocycles. The third-order valence-corrected chi connectivity index (χ3v) is 3.54. The van der Waals surface area contributed by atoms with Gasteiger partial charge in [-0.2, -0.15) is 0 Å². The number of halogens is 3. The van der Waals surface area contributed by atoms with Gasteiger partial charge in [0.15, 0.2) is 0 Å². The van der Waals surface area contributed by atoms with Gasteiger partial charge in [-0.3, -0.25) is 0 Å². The monoisotopic (exact) mass is 339 g/mol. The lowest BCUT2D eigenvalue weighted by Crippen LogP contribution is -2.41. The van der Waals surface area contributed by atoms with Gasteiger partial charge in [0.2, 0.25) is 0 Å². The van der Waals surface area contributed by atoms with Gasteiger partial charge in [-0.25, -0.2) is 8.78 Å². The van der Waals surface area contributed by atoms with Gasteiger partial charge in [0, 0.05) is 10.0 Å². The normalized spacial score (nSPS) is 14.1. The quantitative estimate of drug-likeness (QED) is 0.886. The lowest BCUT2D eigenvalue weighted by atomic mass is 9.87. The zero-order chi connectivity index (χ0) is 14.8. The molecule has 0 saturated heterocycles. The van der Waals surface area contributed by atoms with E-state index in [-0.39, 0.29) is 11.6 Å². The molecule has 2 aromatic rings. The molecule has 20 heavy (non-hydrogen) atoms. The highest BCUT2D eigenvalue weighted by Crippen LogP contribution is 2.21. The van der Waals surface area contributed by atoms with Crippen LogP contribution in [-0.2, 0) is 12.8 Å². The molecule has 0 aliphatic rings. The second-order valence-electron chi connectivity index (χ2n) is 5.38. The standard InChI is InChI=1S/C16H16BrF2N/c1-16(20,10-12-4-2-3-5-15(12)19)9-11-6-13(17)8-14(18)7-11/h2-8H,9-10,20H2,1H3. The summed E-state index contributed by atoms with van der Waals surface area (Å²) in [6, 6.07) is 11.3. The molecule has 0 amide bonds. The van der Waals surface area contributed by atoms with E-state index in [1.807, 2.05) is 13.0 Å². The molecule has 2 aromatic carbocycles. The maximum Gasteiger partial charge on any atom is 0.126 e. The van der Waals surface area contributed by atoms with Crippen LogP contribution >= 0.6 is 15.9 Å². The molecule has 106 valence electrons. The molecule has 0 bridgehead atoms. The smallest absolute Gasteiger partial charge is 0.126 e. The number of hydrogen-bond donors (Lipinski definition) is 1. The van der Waals surface area contributed by atoms with Crippen molar-refractivity contribution in [3.8, 4) is 0 Å². The Balaban J connectivity index is 2.16. The Morgan fingerprint density at radius 2 is 1.80 bits per heavy atom. The Hall–Kier alpha value is -1.26. The van der Waals surface area contributed by atoms with Crippen LogP contribution in [0.15, 0.2) is 46.9 Å². The van der Waals surface area contributed by atoms with E-state index in [9.17, 15) is 8.78 Å². The highest BCUT2D eigenvalue weighted by atomic mass is 79.9. The highest BCUT2D eigenvalue weighted by molar-refractivity contribution is 9.10. The molecule has 0 saturated carbocycles. The average molecular weight is 340 g/mol.